The first-order valence-electron chi connectivity index (χ1n) is 4.33. The van der Waals surface area contributed by atoms with Gasteiger partial charge in [0.1, 0.15) is 6.04 Å². The van der Waals surface area contributed by atoms with Gasteiger partial charge in [-0.3, -0.25) is 4.79 Å². The fourth-order valence-electron chi connectivity index (χ4n) is 1.50. The van der Waals surface area contributed by atoms with Gasteiger partial charge in [0.2, 0.25) is 0 Å². The van der Waals surface area contributed by atoms with Gasteiger partial charge in [-0.15, -0.1) is 0 Å². The van der Waals surface area contributed by atoms with Crippen molar-refractivity contribution in [3.8, 4) is 0 Å². The van der Waals surface area contributed by atoms with Crippen molar-refractivity contribution >= 4 is 5.97 Å². The molecule has 1 rings (SSSR count). The number of piperidine rings is 1. The number of nitrogens with one attached hydrogen (secondary N) is 1. The average molecular weight is 211 g/mol. The first kappa shape index (κ1) is 11.3. The maximum Gasteiger partial charge on any atom is 0.403 e. The number of hydrogen-bond donors (Lipinski definition) is 1. The van der Waals surface area contributed by atoms with E-state index in [0.29, 0.717) is 0 Å². The van der Waals surface area contributed by atoms with Crippen LogP contribution in [0.1, 0.15) is 12.8 Å². The molecule has 14 heavy (non-hydrogen) atoms. The van der Waals surface area contributed by atoms with E-state index in [1.54, 1.807) is 0 Å². The third-order valence-electron chi connectivity index (χ3n) is 2.34. The lowest BCUT2D eigenvalue weighted by molar-refractivity contribution is -0.167. The minimum Gasteiger partial charge on any atom is -0.469 e. The predicted molar refractivity (Wildman–Crippen MR) is 42.6 cm³/mol. The summed E-state index contributed by atoms with van der Waals surface area (Å²) < 4.78 is 41.0. The molecule has 0 amide bonds. The van der Waals surface area contributed by atoms with Crippen LogP contribution in [-0.4, -0.2) is 31.8 Å². The SMILES string of the molecule is COC(=O)C1CCC(C(F)(F)F)NC1. The van der Waals surface area contributed by atoms with Crippen molar-refractivity contribution in [2.24, 2.45) is 5.92 Å². The zero-order valence-corrected chi connectivity index (χ0v) is 7.73. The summed E-state index contributed by atoms with van der Waals surface area (Å²) in [7, 11) is 1.23. The van der Waals surface area contributed by atoms with Crippen molar-refractivity contribution in [1.82, 2.24) is 5.32 Å². The molecular formula is C8H12F3NO2. The molecule has 6 heteroatoms. The molecule has 1 aliphatic rings. The van der Waals surface area contributed by atoms with Crippen LogP contribution in [0.15, 0.2) is 0 Å². The van der Waals surface area contributed by atoms with E-state index in [4.69, 9.17) is 0 Å². The summed E-state index contributed by atoms with van der Waals surface area (Å²) >= 11 is 0. The van der Waals surface area contributed by atoms with Crippen molar-refractivity contribution in [2.75, 3.05) is 13.7 Å². The van der Waals surface area contributed by atoms with E-state index in [2.05, 4.69) is 10.1 Å². The van der Waals surface area contributed by atoms with Gasteiger partial charge in [-0.05, 0) is 12.8 Å². The Labute approximate surface area is 79.6 Å². The number of carbonyl (C=O) groups excluding carboxylic acids is 1. The van der Waals surface area contributed by atoms with Gasteiger partial charge in [0.05, 0.1) is 13.0 Å². The Hall–Kier alpha value is -0.780. The molecule has 0 aromatic rings. The summed E-state index contributed by atoms with van der Waals surface area (Å²) in [6.07, 6.45) is -4.06. The maximum absolute atomic E-state index is 12.2. The minimum absolute atomic E-state index is 0.0385. The number of alkyl halides is 3. The Bertz CT molecular complexity index is 209. The standard InChI is InChI=1S/C8H12F3NO2/c1-14-7(13)5-2-3-6(12-4-5)8(9,10)11/h5-6,12H,2-4H2,1H3. The first-order valence-corrected chi connectivity index (χ1v) is 4.33. The van der Waals surface area contributed by atoms with Crippen LogP contribution in [0, 0.1) is 5.92 Å². The third-order valence-corrected chi connectivity index (χ3v) is 2.34. The highest BCUT2D eigenvalue weighted by atomic mass is 19.4. The second-order valence-electron chi connectivity index (χ2n) is 3.30. The Morgan fingerprint density at radius 1 is 1.43 bits per heavy atom. The quantitative estimate of drug-likeness (QED) is 0.660. The lowest BCUT2D eigenvalue weighted by atomic mass is 9.94. The fraction of sp³-hybridized carbons (Fsp3) is 0.875. The molecule has 0 aliphatic carbocycles. The number of ether oxygens (including phenoxy) is 1. The van der Waals surface area contributed by atoms with Gasteiger partial charge in [0, 0.05) is 6.54 Å². The molecule has 1 aliphatic heterocycles. The zero-order chi connectivity index (χ0) is 10.8. The molecule has 1 N–H and O–H groups in total. The summed E-state index contributed by atoms with van der Waals surface area (Å²) in [5.41, 5.74) is 0. The molecule has 0 aromatic heterocycles. The molecule has 82 valence electrons. The third kappa shape index (κ3) is 2.60. The Morgan fingerprint density at radius 3 is 2.43 bits per heavy atom. The van der Waals surface area contributed by atoms with Crippen LogP contribution in [0.3, 0.4) is 0 Å². The molecule has 1 fully saturated rings. The van der Waals surface area contributed by atoms with Crippen LogP contribution in [-0.2, 0) is 9.53 Å². The van der Waals surface area contributed by atoms with Gasteiger partial charge in [0.15, 0.2) is 0 Å². The lowest BCUT2D eigenvalue weighted by Gasteiger charge is -2.29. The van der Waals surface area contributed by atoms with Crippen molar-refractivity contribution in [2.45, 2.75) is 25.1 Å². The summed E-state index contributed by atoms with van der Waals surface area (Å²) in [5.74, 6) is -0.892. The molecule has 0 aromatic carbocycles. The molecule has 0 radical (unpaired) electrons. The lowest BCUT2D eigenvalue weighted by Crippen LogP contribution is -2.49. The first-order chi connectivity index (χ1) is 6.45. The smallest absolute Gasteiger partial charge is 0.403 e. The van der Waals surface area contributed by atoms with Gasteiger partial charge in [-0.25, -0.2) is 0 Å². The molecule has 0 saturated carbocycles. The molecule has 0 bridgehead atoms. The number of methoxy groups -OCH3 is 1. The summed E-state index contributed by atoms with van der Waals surface area (Å²) in [6.45, 7) is 0.0385. The van der Waals surface area contributed by atoms with Gasteiger partial charge < -0.3 is 10.1 Å². The molecule has 2 atom stereocenters. The summed E-state index contributed by atoms with van der Waals surface area (Å²) in [6, 6.07) is -1.48. The van der Waals surface area contributed by atoms with Crippen LogP contribution in [0.4, 0.5) is 13.2 Å². The van der Waals surface area contributed by atoms with E-state index in [1.807, 2.05) is 0 Å². The van der Waals surface area contributed by atoms with Crippen LogP contribution in [0.25, 0.3) is 0 Å². The van der Waals surface area contributed by atoms with Crippen molar-refractivity contribution in [1.29, 1.82) is 0 Å². The van der Waals surface area contributed by atoms with E-state index in [0.717, 1.165) is 0 Å². The van der Waals surface area contributed by atoms with E-state index in [1.165, 1.54) is 7.11 Å². The highest BCUT2D eigenvalue weighted by Crippen LogP contribution is 2.28. The largest absolute Gasteiger partial charge is 0.469 e. The fourth-order valence-corrected chi connectivity index (χ4v) is 1.50. The van der Waals surface area contributed by atoms with Crippen LogP contribution in [0.2, 0.25) is 0 Å². The van der Waals surface area contributed by atoms with Gasteiger partial charge >= 0.3 is 12.1 Å². The molecule has 3 nitrogen and oxygen atoms in total. The van der Waals surface area contributed by atoms with Crippen molar-refractivity contribution in [3.05, 3.63) is 0 Å². The monoisotopic (exact) mass is 211 g/mol. The minimum atomic E-state index is -4.22. The maximum atomic E-state index is 12.2. The van der Waals surface area contributed by atoms with Gasteiger partial charge in [-0.1, -0.05) is 0 Å². The summed E-state index contributed by atoms with van der Waals surface area (Å²) in [4.78, 5) is 11.0. The molecule has 2 unspecified atom stereocenters. The average Bonchev–Trinajstić information content (AvgIpc) is 2.15. The normalized spacial score (nSPS) is 28.6. The van der Waals surface area contributed by atoms with Crippen molar-refractivity contribution in [3.63, 3.8) is 0 Å². The number of halogens is 3. The topological polar surface area (TPSA) is 38.3 Å². The number of carbonyl (C=O) groups is 1. The Balaban J connectivity index is 2.43. The second-order valence-corrected chi connectivity index (χ2v) is 3.30. The van der Waals surface area contributed by atoms with Crippen molar-refractivity contribution < 1.29 is 22.7 Å². The molecule has 1 heterocycles. The van der Waals surface area contributed by atoms with Crippen LogP contribution >= 0.6 is 0 Å². The van der Waals surface area contributed by atoms with E-state index in [-0.39, 0.29) is 19.4 Å². The van der Waals surface area contributed by atoms with E-state index < -0.39 is 24.1 Å². The summed E-state index contributed by atoms with van der Waals surface area (Å²) in [5, 5.41) is 2.30. The second kappa shape index (κ2) is 4.16. The van der Waals surface area contributed by atoms with Crippen LogP contribution in [0.5, 0.6) is 0 Å². The zero-order valence-electron chi connectivity index (χ0n) is 7.73. The highest BCUT2D eigenvalue weighted by molar-refractivity contribution is 5.72. The van der Waals surface area contributed by atoms with Crippen LogP contribution < -0.4 is 5.32 Å². The molecular weight excluding hydrogens is 199 g/mol. The van der Waals surface area contributed by atoms with E-state index >= 15 is 0 Å². The molecule has 0 spiro atoms. The highest BCUT2D eigenvalue weighted by Gasteiger charge is 2.42. The number of rotatable bonds is 1. The van der Waals surface area contributed by atoms with E-state index in [9.17, 15) is 18.0 Å². The number of hydrogen-bond acceptors (Lipinski definition) is 3. The number of esters is 1. The predicted octanol–water partition coefficient (Wildman–Crippen LogP) is 1.09. The Morgan fingerprint density at radius 2 is 2.07 bits per heavy atom. The molecule has 1 saturated heterocycles. The van der Waals surface area contributed by atoms with Gasteiger partial charge in [-0.2, -0.15) is 13.2 Å². The van der Waals surface area contributed by atoms with Gasteiger partial charge in [0.25, 0.3) is 0 Å². The Kier molecular flexibility index (Phi) is 3.36.